The molecule has 0 heterocycles. The first kappa shape index (κ1) is 15.4. The van der Waals surface area contributed by atoms with Gasteiger partial charge in [0, 0.05) is 17.3 Å². The smallest absolute Gasteiger partial charge is 0.319 e. The van der Waals surface area contributed by atoms with Crippen LogP contribution in [0.15, 0.2) is 48.5 Å². The fraction of sp³-hybridized carbons (Fsp3) is 0.188. The van der Waals surface area contributed by atoms with E-state index in [1.807, 2.05) is 18.2 Å². The molecule has 2 aromatic rings. The maximum atomic E-state index is 11.8. The molecule has 2 rings (SSSR count). The zero-order chi connectivity index (χ0) is 15.2. The standard InChI is InChI=1S/C16H17ClN2O2/c1-11(20)12-6-8-14(9-7-12)19-16(21)18-10-13-4-2-3-5-15(13)17/h2-9,11,20H,10H2,1H3,(H2,18,19,21). The fourth-order valence-corrected chi connectivity index (χ4v) is 2.04. The summed E-state index contributed by atoms with van der Waals surface area (Å²) < 4.78 is 0. The van der Waals surface area contributed by atoms with Crippen molar-refractivity contribution in [2.24, 2.45) is 0 Å². The number of hydrogen-bond acceptors (Lipinski definition) is 2. The molecule has 0 radical (unpaired) electrons. The van der Waals surface area contributed by atoms with Gasteiger partial charge in [0.05, 0.1) is 6.10 Å². The van der Waals surface area contributed by atoms with E-state index in [-0.39, 0.29) is 6.03 Å². The minimum Gasteiger partial charge on any atom is -0.389 e. The molecule has 1 atom stereocenters. The molecule has 2 aromatic carbocycles. The number of rotatable bonds is 4. The summed E-state index contributed by atoms with van der Waals surface area (Å²) in [5.74, 6) is 0. The summed E-state index contributed by atoms with van der Waals surface area (Å²) in [6.07, 6.45) is -0.520. The number of carbonyl (C=O) groups is 1. The maximum Gasteiger partial charge on any atom is 0.319 e. The topological polar surface area (TPSA) is 61.4 Å². The number of nitrogens with one attached hydrogen (secondary N) is 2. The molecule has 110 valence electrons. The van der Waals surface area contributed by atoms with Crippen LogP contribution in [0.5, 0.6) is 0 Å². The third-order valence-electron chi connectivity index (χ3n) is 3.05. The van der Waals surface area contributed by atoms with Gasteiger partial charge in [0.1, 0.15) is 0 Å². The molecule has 0 aromatic heterocycles. The van der Waals surface area contributed by atoms with Gasteiger partial charge in [-0.1, -0.05) is 41.9 Å². The predicted octanol–water partition coefficient (Wildman–Crippen LogP) is 3.72. The van der Waals surface area contributed by atoms with Gasteiger partial charge in [-0.15, -0.1) is 0 Å². The molecular formula is C16H17ClN2O2. The van der Waals surface area contributed by atoms with Crippen molar-refractivity contribution in [3.05, 3.63) is 64.7 Å². The molecule has 0 aliphatic rings. The third kappa shape index (κ3) is 4.48. The lowest BCUT2D eigenvalue weighted by atomic mass is 10.1. The van der Waals surface area contributed by atoms with Gasteiger partial charge in [0.25, 0.3) is 0 Å². The van der Waals surface area contributed by atoms with E-state index >= 15 is 0 Å². The average molecular weight is 305 g/mol. The second kappa shape index (κ2) is 7.11. The molecule has 2 amide bonds. The fourth-order valence-electron chi connectivity index (χ4n) is 1.84. The van der Waals surface area contributed by atoms with Crippen molar-refractivity contribution in [3.8, 4) is 0 Å². The maximum absolute atomic E-state index is 11.8. The minimum absolute atomic E-state index is 0.306. The number of hydrogen-bond donors (Lipinski definition) is 3. The number of amides is 2. The Morgan fingerprint density at radius 3 is 2.48 bits per heavy atom. The second-order valence-corrected chi connectivity index (χ2v) is 5.10. The van der Waals surface area contributed by atoms with Crippen molar-refractivity contribution in [2.45, 2.75) is 19.6 Å². The Balaban J connectivity index is 1.88. The van der Waals surface area contributed by atoms with Gasteiger partial charge in [-0.05, 0) is 36.2 Å². The molecule has 3 N–H and O–H groups in total. The van der Waals surface area contributed by atoms with Gasteiger partial charge < -0.3 is 15.7 Å². The van der Waals surface area contributed by atoms with E-state index in [4.69, 9.17) is 11.6 Å². The van der Waals surface area contributed by atoms with Crippen LogP contribution in [-0.4, -0.2) is 11.1 Å². The quantitative estimate of drug-likeness (QED) is 0.806. The van der Waals surface area contributed by atoms with E-state index in [1.165, 1.54) is 0 Å². The molecule has 1 unspecified atom stereocenters. The SMILES string of the molecule is CC(O)c1ccc(NC(=O)NCc2ccccc2Cl)cc1. The highest BCUT2D eigenvalue weighted by molar-refractivity contribution is 6.31. The van der Waals surface area contributed by atoms with E-state index in [0.29, 0.717) is 17.3 Å². The molecule has 0 aliphatic heterocycles. The van der Waals surface area contributed by atoms with Crippen LogP contribution in [0.1, 0.15) is 24.2 Å². The van der Waals surface area contributed by atoms with Crippen LogP contribution in [0.3, 0.4) is 0 Å². The van der Waals surface area contributed by atoms with Crippen molar-refractivity contribution >= 4 is 23.3 Å². The number of benzene rings is 2. The zero-order valence-electron chi connectivity index (χ0n) is 11.6. The van der Waals surface area contributed by atoms with E-state index < -0.39 is 6.10 Å². The predicted molar refractivity (Wildman–Crippen MR) is 84.4 cm³/mol. The molecule has 0 aliphatic carbocycles. The van der Waals surface area contributed by atoms with Crippen LogP contribution in [0.2, 0.25) is 5.02 Å². The van der Waals surface area contributed by atoms with Crippen molar-refractivity contribution < 1.29 is 9.90 Å². The molecule has 0 fully saturated rings. The lowest BCUT2D eigenvalue weighted by Crippen LogP contribution is -2.28. The number of halogens is 1. The summed E-state index contributed by atoms with van der Waals surface area (Å²) in [5, 5.41) is 15.5. The monoisotopic (exact) mass is 304 g/mol. The zero-order valence-corrected chi connectivity index (χ0v) is 12.4. The van der Waals surface area contributed by atoms with Crippen molar-refractivity contribution in [1.29, 1.82) is 0 Å². The number of urea groups is 1. The lowest BCUT2D eigenvalue weighted by molar-refractivity contribution is 0.199. The van der Waals surface area contributed by atoms with Gasteiger partial charge in [-0.2, -0.15) is 0 Å². The highest BCUT2D eigenvalue weighted by Gasteiger charge is 2.05. The van der Waals surface area contributed by atoms with Crippen molar-refractivity contribution in [3.63, 3.8) is 0 Å². The molecule has 0 bridgehead atoms. The van der Waals surface area contributed by atoms with Crippen LogP contribution >= 0.6 is 11.6 Å². The summed E-state index contributed by atoms with van der Waals surface area (Å²) in [6.45, 7) is 2.05. The van der Waals surface area contributed by atoms with E-state index in [2.05, 4.69) is 10.6 Å². The highest BCUT2D eigenvalue weighted by Crippen LogP contribution is 2.16. The van der Waals surface area contributed by atoms with Gasteiger partial charge >= 0.3 is 6.03 Å². The van der Waals surface area contributed by atoms with Gasteiger partial charge in [0.15, 0.2) is 0 Å². The Morgan fingerprint density at radius 2 is 1.86 bits per heavy atom. The number of anilines is 1. The number of aliphatic hydroxyl groups is 1. The van der Waals surface area contributed by atoms with Crippen molar-refractivity contribution in [1.82, 2.24) is 5.32 Å². The van der Waals surface area contributed by atoms with E-state index in [1.54, 1.807) is 37.3 Å². The van der Waals surface area contributed by atoms with Gasteiger partial charge in [0.2, 0.25) is 0 Å². The number of aliphatic hydroxyl groups excluding tert-OH is 1. The van der Waals surface area contributed by atoms with Crippen LogP contribution in [0, 0.1) is 0 Å². The Kier molecular flexibility index (Phi) is 5.20. The van der Waals surface area contributed by atoms with E-state index in [0.717, 1.165) is 11.1 Å². The Morgan fingerprint density at radius 1 is 1.19 bits per heavy atom. The summed E-state index contributed by atoms with van der Waals surface area (Å²) in [4.78, 5) is 11.8. The molecular weight excluding hydrogens is 288 g/mol. The van der Waals surface area contributed by atoms with Crippen molar-refractivity contribution in [2.75, 3.05) is 5.32 Å². The van der Waals surface area contributed by atoms with Crippen LogP contribution in [0.25, 0.3) is 0 Å². The lowest BCUT2D eigenvalue weighted by Gasteiger charge is -2.10. The normalized spacial score (nSPS) is 11.8. The van der Waals surface area contributed by atoms with Crippen LogP contribution in [0.4, 0.5) is 10.5 Å². The first-order valence-electron chi connectivity index (χ1n) is 6.62. The highest BCUT2D eigenvalue weighted by atomic mass is 35.5. The van der Waals surface area contributed by atoms with Gasteiger partial charge in [-0.25, -0.2) is 4.79 Å². The molecule has 5 heteroatoms. The third-order valence-corrected chi connectivity index (χ3v) is 3.42. The minimum atomic E-state index is -0.520. The Bertz CT molecular complexity index is 612. The largest absolute Gasteiger partial charge is 0.389 e. The molecule has 0 saturated carbocycles. The molecule has 0 saturated heterocycles. The van der Waals surface area contributed by atoms with Crippen LogP contribution < -0.4 is 10.6 Å². The first-order chi connectivity index (χ1) is 10.1. The van der Waals surface area contributed by atoms with E-state index in [9.17, 15) is 9.90 Å². The summed E-state index contributed by atoms with van der Waals surface area (Å²) in [6, 6.07) is 14.1. The molecule has 0 spiro atoms. The molecule has 21 heavy (non-hydrogen) atoms. The Hall–Kier alpha value is -2.04. The van der Waals surface area contributed by atoms with Crippen LogP contribution in [-0.2, 0) is 6.54 Å². The number of carbonyl (C=O) groups excluding carboxylic acids is 1. The second-order valence-electron chi connectivity index (χ2n) is 4.70. The van der Waals surface area contributed by atoms with Gasteiger partial charge in [-0.3, -0.25) is 0 Å². The first-order valence-corrected chi connectivity index (χ1v) is 7.00. The summed E-state index contributed by atoms with van der Waals surface area (Å²) in [7, 11) is 0. The average Bonchev–Trinajstić information content (AvgIpc) is 2.47. The summed E-state index contributed by atoms with van der Waals surface area (Å²) >= 11 is 6.02. The Labute approximate surface area is 128 Å². The molecule has 4 nitrogen and oxygen atoms in total. The summed E-state index contributed by atoms with van der Waals surface area (Å²) in [5.41, 5.74) is 2.33.